The van der Waals surface area contributed by atoms with Crippen molar-refractivity contribution in [3.63, 3.8) is 0 Å². The van der Waals surface area contributed by atoms with Crippen molar-refractivity contribution in [3.8, 4) is 5.75 Å². The molecule has 0 fully saturated rings. The third kappa shape index (κ3) is 5.21. The second-order valence-corrected chi connectivity index (χ2v) is 5.54. The van der Waals surface area contributed by atoms with Crippen LogP contribution in [-0.2, 0) is 4.79 Å². The van der Waals surface area contributed by atoms with Crippen LogP contribution in [-0.4, -0.2) is 23.7 Å². The zero-order valence-electron chi connectivity index (χ0n) is 13.6. The Labute approximate surface area is 136 Å². The maximum atomic E-state index is 11.7. The van der Waals surface area contributed by atoms with Gasteiger partial charge >= 0.3 is 0 Å². The van der Waals surface area contributed by atoms with E-state index >= 15 is 0 Å². The summed E-state index contributed by atoms with van der Waals surface area (Å²) in [7, 11) is 0. The van der Waals surface area contributed by atoms with Gasteiger partial charge in [-0.2, -0.15) is 5.10 Å². The molecule has 5 nitrogen and oxygen atoms in total. The number of ether oxygens (including phenoxy) is 1. The van der Waals surface area contributed by atoms with E-state index in [0.717, 1.165) is 11.1 Å². The molecule has 0 aliphatic rings. The number of carbonyl (C=O) groups is 1. The molecule has 0 unspecified atom stereocenters. The Morgan fingerprint density at radius 3 is 2.87 bits per heavy atom. The molecule has 1 aromatic heterocycles. The number of hydrogen-bond acceptors (Lipinski definition) is 4. The number of pyridine rings is 1. The molecule has 0 aliphatic carbocycles. The van der Waals surface area contributed by atoms with Crippen LogP contribution in [0.5, 0.6) is 5.75 Å². The van der Waals surface area contributed by atoms with Crippen molar-refractivity contribution in [1.29, 1.82) is 0 Å². The Morgan fingerprint density at radius 1 is 1.39 bits per heavy atom. The van der Waals surface area contributed by atoms with E-state index in [-0.39, 0.29) is 12.5 Å². The highest BCUT2D eigenvalue weighted by molar-refractivity contribution is 5.82. The van der Waals surface area contributed by atoms with Crippen LogP contribution in [0.3, 0.4) is 0 Å². The molecule has 1 aromatic carbocycles. The first kappa shape index (κ1) is 16.7. The standard InChI is InChI=1S/C18H21N3O2/c1-13(2)17-7-6-16(9-14(17)3)23-12-18(22)21-20-11-15-5-4-8-19-10-15/h4-11,13H,12H2,1-3H3,(H,21,22)/b20-11+. The maximum absolute atomic E-state index is 11.7. The second-order valence-electron chi connectivity index (χ2n) is 5.54. The number of hydrogen-bond donors (Lipinski definition) is 1. The van der Waals surface area contributed by atoms with Crippen LogP contribution < -0.4 is 10.2 Å². The van der Waals surface area contributed by atoms with Crippen LogP contribution in [0.25, 0.3) is 0 Å². The van der Waals surface area contributed by atoms with Crippen LogP contribution in [0, 0.1) is 6.92 Å². The van der Waals surface area contributed by atoms with Crippen LogP contribution in [0.2, 0.25) is 0 Å². The maximum Gasteiger partial charge on any atom is 0.277 e. The molecular weight excluding hydrogens is 290 g/mol. The lowest BCUT2D eigenvalue weighted by Crippen LogP contribution is -2.24. The molecule has 23 heavy (non-hydrogen) atoms. The molecule has 2 aromatic rings. The Hall–Kier alpha value is -2.69. The second kappa shape index (κ2) is 8.08. The number of aryl methyl sites for hydroxylation is 1. The Morgan fingerprint density at radius 2 is 2.22 bits per heavy atom. The van der Waals surface area contributed by atoms with E-state index in [0.29, 0.717) is 11.7 Å². The Kier molecular flexibility index (Phi) is 5.86. The molecule has 0 saturated carbocycles. The molecule has 2 rings (SSSR count). The summed E-state index contributed by atoms with van der Waals surface area (Å²) in [5.41, 5.74) is 5.68. The number of nitrogens with one attached hydrogen (secondary N) is 1. The van der Waals surface area contributed by atoms with E-state index in [2.05, 4.69) is 29.4 Å². The van der Waals surface area contributed by atoms with Gasteiger partial charge < -0.3 is 4.74 Å². The van der Waals surface area contributed by atoms with Crippen molar-refractivity contribution in [1.82, 2.24) is 10.4 Å². The first-order valence-electron chi connectivity index (χ1n) is 7.51. The fourth-order valence-electron chi connectivity index (χ4n) is 2.20. The number of hydrazone groups is 1. The van der Waals surface area contributed by atoms with E-state index < -0.39 is 0 Å². The summed E-state index contributed by atoms with van der Waals surface area (Å²) in [5, 5.41) is 3.86. The number of benzene rings is 1. The molecule has 0 bridgehead atoms. The van der Waals surface area contributed by atoms with Gasteiger partial charge in [-0.25, -0.2) is 5.43 Å². The van der Waals surface area contributed by atoms with Gasteiger partial charge in [0.05, 0.1) is 6.21 Å². The third-order valence-corrected chi connectivity index (χ3v) is 3.32. The van der Waals surface area contributed by atoms with Gasteiger partial charge in [-0.3, -0.25) is 9.78 Å². The van der Waals surface area contributed by atoms with Crippen LogP contribution in [0.15, 0.2) is 47.8 Å². The van der Waals surface area contributed by atoms with Crippen molar-refractivity contribution >= 4 is 12.1 Å². The van der Waals surface area contributed by atoms with E-state index in [1.165, 1.54) is 11.8 Å². The van der Waals surface area contributed by atoms with E-state index in [1.807, 2.05) is 31.2 Å². The van der Waals surface area contributed by atoms with Gasteiger partial charge in [-0.15, -0.1) is 0 Å². The predicted octanol–water partition coefficient (Wildman–Crippen LogP) is 3.04. The van der Waals surface area contributed by atoms with Crippen LogP contribution in [0.4, 0.5) is 0 Å². The van der Waals surface area contributed by atoms with Gasteiger partial charge in [-0.05, 0) is 42.2 Å². The van der Waals surface area contributed by atoms with Gasteiger partial charge in [0.25, 0.3) is 5.91 Å². The molecule has 120 valence electrons. The van der Waals surface area contributed by atoms with Gasteiger partial charge in [0.1, 0.15) is 5.75 Å². The number of amides is 1. The minimum absolute atomic E-state index is 0.0785. The summed E-state index contributed by atoms with van der Waals surface area (Å²) in [6.07, 6.45) is 4.87. The lowest BCUT2D eigenvalue weighted by molar-refractivity contribution is -0.123. The lowest BCUT2D eigenvalue weighted by atomic mass is 9.98. The average molecular weight is 311 g/mol. The number of carbonyl (C=O) groups excluding carboxylic acids is 1. The highest BCUT2D eigenvalue weighted by atomic mass is 16.5. The molecule has 0 radical (unpaired) electrons. The zero-order chi connectivity index (χ0) is 16.7. The largest absolute Gasteiger partial charge is 0.484 e. The molecule has 1 N–H and O–H groups in total. The minimum atomic E-state index is -0.310. The van der Waals surface area contributed by atoms with Crippen molar-refractivity contribution in [3.05, 3.63) is 59.4 Å². The van der Waals surface area contributed by atoms with Crippen molar-refractivity contribution in [2.24, 2.45) is 5.10 Å². The zero-order valence-corrected chi connectivity index (χ0v) is 13.6. The molecule has 5 heteroatoms. The fourth-order valence-corrected chi connectivity index (χ4v) is 2.20. The van der Waals surface area contributed by atoms with Gasteiger partial charge in [-0.1, -0.05) is 26.0 Å². The van der Waals surface area contributed by atoms with Crippen molar-refractivity contribution in [2.75, 3.05) is 6.61 Å². The van der Waals surface area contributed by atoms with E-state index in [4.69, 9.17) is 4.74 Å². The summed E-state index contributed by atoms with van der Waals surface area (Å²) in [6, 6.07) is 9.51. The molecule has 0 spiro atoms. The summed E-state index contributed by atoms with van der Waals surface area (Å²) in [4.78, 5) is 15.7. The minimum Gasteiger partial charge on any atom is -0.484 e. The van der Waals surface area contributed by atoms with Gasteiger partial charge in [0.15, 0.2) is 6.61 Å². The quantitative estimate of drug-likeness (QED) is 0.659. The summed E-state index contributed by atoms with van der Waals surface area (Å²) >= 11 is 0. The Balaban J connectivity index is 1.82. The van der Waals surface area contributed by atoms with Gasteiger partial charge in [0, 0.05) is 18.0 Å². The van der Waals surface area contributed by atoms with Crippen LogP contribution in [0.1, 0.15) is 36.5 Å². The SMILES string of the molecule is Cc1cc(OCC(=O)N/N=C/c2cccnc2)ccc1C(C)C. The fraction of sp³-hybridized carbons (Fsp3) is 0.278. The molecular formula is C18H21N3O2. The highest BCUT2D eigenvalue weighted by Gasteiger charge is 2.06. The normalized spacial score (nSPS) is 11.0. The molecule has 0 atom stereocenters. The Bertz CT molecular complexity index is 682. The molecule has 1 heterocycles. The number of rotatable bonds is 6. The molecule has 0 aliphatic heterocycles. The summed E-state index contributed by atoms with van der Waals surface area (Å²) in [5.74, 6) is 0.836. The third-order valence-electron chi connectivity index (χ3n) is 3.32. The topological polar surface area (TPSA) is 63.6 Å². The molecule has 0 saturated heterocycles. The summed E-state index contributed by atoms with van der Waals surface area (Å²) < 4.78 is 5.49. The lowest BCUT2D eigenvalue weighted by Gasteiger charge is -2.12. The highest BCUT2D eigenvalue weighted by Crippen LogP contribution is 2.23. The van der Waals surface area contributed by atoms with Crippen molar-refractivity contribution < 1.29 is 9.53 Å². The first-order chi connectivity index (χ1) is 11.1. The van der Waals surface area contributed by atoms with E-state index in [1.54, 1.807) is 18.5 Å². The average Bonchev–Trinajstić information content (AvgIpc) is 2.53. The number of aromatic nitrogens is 1. The predicted molar refractivity (Wildman–Crippen MR) is 90.7 cm³/mol. The van der Waals surface area contributed by atoms with Gasteiger partial charge in [0.2, 0.25) is 0 Å². The first-order valence-corrected chi connectivity index (χ1v) is 7.51. The number of nitrogens with zero attached hydrogens (tertiary/aromatic N) is 2. The smallest absolute Gasteiger partial charge is 0.277 e. The van der Waals surface area contributed by atoms with Crippen molar-refractivity contribution in [2.45, 2.75) is 26.7 Å². The summed E-state index contributed by atoms with van der Waals surface area (Å²) in [6.45, 7) is 6.26. The monoisotopic (exact) mass is 311 g/mol. The van der Waals surface area contributed by atoms with E-state index in [9.17, 15) is 4.79 Å². The van der Waals surface area contributed by atoms with Crippen LogP contribution >= 0.6 is 0 Å². The molecule has 1 amide bonds.